The molecule has 0 aromatic rings. The molecule has 0 aromatic carbocycles. The Balaban J connectivity index is 2.07. The zero-order valence-electron chi connectivity index (χ0n) is 10.4. The van der Waals surface area contributed by atoms with E-state index in [4.69, 9.17) is 0 Å². The van der Waals surface area contributed by atoms with Crippen molar-refractivity contribution in [2.24, 2.45) is 23.2 Å². The third kappa shape index (κ3) is 2.11. The monoisotopic (exact) mass is 208 g/mol. The number of carbonyl (C=O) groups excluding carboxylic acids is 1. The van der Waals surface area contributed by atoms with Gasteiger partial charge < -0.3 is 0 Å². The molecule has 1 heteroatoms. The number of ketones is 1. The molecule has 3 atom stereocenters. The van der Waals surface area contributed by atoms with Crippen LogP contribution in [-0.4, -0.2) is 5.78 Å². The van der Waals surface area contributed by atoms with Gasteiger partial charge in [-0.05, 0) is 48.9 Å². The predicted octanol–water partition coefficient (Wildman–Crippen LogP) is 3.82. The molecule has 0 spiro atoms. The first kappa shape index (κ1) is 11.2. The first-order valence-electron chi connectivity index (χ1n) is 6.53. The molecule has 2 aliphatic rings. The smallest absolute Gasteiger partial charge is 0.133 e. The van der Waals surface area contributed by atoms with Gasteiger partial charge >= 0.3 is 0 Å². The van der Waals surface area contributed by atoms with Crippen LogP contribution in [0.5, 0.6) is 0 Å². The standard InChI is InChI=1S/C14H24O/c1-10(2)11-4-6-14(3)7-5-13(15)9-12(14)8-11/h10-12H,4-9H2,1-3H3/t11-,12-,14-/m1/s1. The van der Waals surface area contributed by atoms with Gasteiger partial charge in [0.1, 0.15) is 5.78 Å². The molecule has 2 saturated carbocycles. The van der Waals surface area contributed by atoms with E-state index in [-0.39, 0.29) is 0 Å². The highest BCUT2D eigenvalue weighted by Crippen LogP contribution is 2.51. The lowest BCUT2D eigenvalue weighted by molar-refractivity contribution is -0.126. The molecule has 0 aliphatic heterocycles. The molecule has 0 heterocycles. The normalized spacial score (nSPS) is 41.7. The average Bonchev–Trinajstić information content (AvgIpc) is 2.18. The Morgan fingerprint density at radius 1 is 1.33 bits per heavy atom. The summed E-state index contributed by atoms with van der Waals surface area (Å²) in [5.41, 5.74) is 0.499. The number of fused-ring (bicyclic) bond motifs is 1. The Labute approximate surface area is 93.6 Å². The average molecular weight is 208 g/mol. The van der Waals surface area contributed by atoms with Crippen LogP contribution in [0.4, 0.5) is 0 Å². The number of Topliss-reactive ketones (excluding diaryl/α,β-unsaturated/α-hetero) is 1. The highest BCUT2D eigenvalue weighted by Gasteiger charge is 2.43. The van der Waals surface area contributed by atoms with Gasteiger partial charge in [0.05, 0.1) is 0 Å². The third-order valence-corrected chi connectivity index (χ3v) is 5.05. The fraction of sp³-hybridized carbons (Fsp3) is 0.929. The molecule has 86 valence electrons. The Morgan fingerprint density at radius 2 is 2.07 bits per heavy atom. The van der Waals surface area contributed by atoms with Crippen molar-refractivity contribution in [1.29, 1.82) is 0 Å². The van der Waals surface area contributed by atoms with Gasteiger partial charge in [-0.3, -0.25) is 4.79 Å². The topological polar surface area (TPSA) is 17.1 Å². The zero-order valence-corrected chi connectivity index (χ0v) is 10.4. The van der Waals surface area contributed by atoms with Gasteiger partial charge in [-0.15, -0.1) is 0 Å². The maximum absolute atomic E-state index is 11.5. The van der Waals surface area contributed by atoms with Crippen molar-refractivity contribution in [1.82, 2.24) is 0 Å². The summed E-state index contributed by atoms with van der Waals surface area (Å²) in [5, 5.41) is 0. The Morgan fingerprint density at radius 3 is 2.73 bits per heavy atom. The molecule has 0 bridgehead atoms. The van der Waals surface area contributed by atoms with Crippen LogP contribution in [0, 0.1) is 23.2 Å². The first-order chi connectivity index (χ1) is 7.01. The van der Waals surface area contributed by atoms with Crippen molar-refractivity contribution in [3.8, 4) is 0 Å². The van der Waals surface area contributed by atoms with E-state index in [1.165, 1.54) is 19.3 Å². The summed E-state index contributed by atoms with van der Waals surface area (Å²) in [4.78, 5) is 11.5. The minimum Gasteiger partial charge on any atom is -0.300 e. The van der Waals surface area contributed by atoms with E-state index >= 15 is 0 Å². The largest absolute Gasteiger partial charge is 0.300 e. The molecule has 0 N–H and O–H groups in total. The van der Waals surface area contributed by atoms with E-state index in [0.717, 1.165) is 31.1 Å². The lowest BCUT2D eigenvalue weighted by Crippen LogP contribution is -2.40. The quantitative estimate of drug-likeness (QED) is 0.640. The van der Waals surface area contributed by atoms with E-state index in [2.05, 4.69) is 20.8 Å². The first-order valence-corrected chi connectivity index (χ1v) is 6.53. The molecular formula is C14H24O. The molecule has 0 radical (unpaired) electrons. The molecule has 0 amide bonds. The second-order valence-electron chi connectivity index (χ2n) is 6.37. The lowest BCUT2D eigenvalue weighted by atomic mass is 9.57. The predicted molar refractivity (Wildman–Crippen MR) is 62.6 cm³/mol. The lowest BCUT2D eigenvalue weighted by Gasteiger charge is -2.48. The van der Waals surface area contributed by atoms with Gasteiger partial charge in [-0.1, -0.05) is 20.8 Å². The SMILES string of the molecule is CC(C)[C@@H]1CC[C@]2(C)CCC(=O)C[C@H]2C1. The van der Waals surface area contributed by atoms with Crippen molar-refractivity contribution >= 4 is 5.78 Å². The van der Waals surface area contributed by atoms with E-state index in [1.807, 2.05) is 0 Å². The Kier molecular flexibility index (Phi) is 2.92. The molecule has 1 nitrogen and oxygen atoms in total. The van der Waals surface area contributed by atoms with Gasteiger partial charge in [-0.2, -0.15) is 0 Å². The highest BCUT2D eigenvalue weighted by atomic mass is 16.1. The maximum Gasteiger partial charge on any atom is 0.133 e. The second kappa shape index (κ2) is 3.92. The fourth-order valence-electron chi connectivity index (χ4n) is 3.55. The van der Waals surface area contributed by atoms with Crippen molar-refractivity contribution in [3.63, 3.8) is 0 Å². The molecular weight excluding hydrogens is 184 g/mol. The zero-order chi connectivity index (χ0) is 11.1. The van der Waals surface area contributed by atoms with Crippen LogP contribution in [0.2, 0.25) is 0 Å². The van der Waals surface area contributed by atoms with Gasteiger partial charge in [-0.25, -0.2) is 0 Å². The molecule has 2 fully saturated rings. The molecule has 15 heavy (non-hydrogen) atoms. The second-order valence-corrected chi connectivity index (χ2v) is 6.37. The minimum absolute atomic E-state index is 0.499. The maximum atomic E-state index is 11.5. The molecule has 0 saturated heterocycles. The van der Waals surface area contributed by atoms with Crippen molar-refractivity contribution in [2.75, 3.05) is 0 Å². The van der Waals surface area contributed by atoms with E-state index in [9.17, 15) is 4.79 Å². The molecule has 0 unspecified atom stereocenters. The summed E-state index contributed by atoms with van der Waals surface area (Å²) in [6.45, 7) is 7.08. The van der Waals surface area contributed by atoms with Crippen molar-refractivity contribution < 1.29 is 4.79 Å². The van der Waals surface area contributed by atoms with Crippen molar-refractivity contribution in [3.05, 3.63) is 0 Å². The van der Waals surface area contributed by atoms with Crippen LogP contribution in [0.1, 0.15) is 59.3 Å². The summed E-state index contributed by atoms with van der Waals surface area (Å²) in [7, 11) is 0. The number of rotatable bonds is 1. The molecule has 0 aromatic heterocycles. The van der Waals surface area contributed by atoms with Crippen LogP contribution in [0.3, 0.4) is 0 Å². The summed E-state index contributed by atoms with van der Waals surface area (Å²) in [6.07, 6.45) is 6.92. The summed E-state index contributed by atoms with van der Waals surface area (Å²) < 4.78 is 0. The summed E-state index contributed by atoms with van der Waals surface area (Å²) in [6, 6.07) is 0. The van der Waals surface area contributed by atoms with Crippen LogP contribution in [0.15, 0.2) is 0 Å². The van der Waals surface area contributed by atoms with Gasteiger partial charge in [0.15, 0.2) is 0 Å². The number of hydrogen-bond donors (Lipinski definition) is 0. The number of carbonyl (C=O) groups is 1. The van der Waals surface area contributed by atoms with E-state index in [0.29, 0.717) is 17.1 Å². The summed E-state index contributed by atoms with van der Waals surface area (Å²) in [5.74, 6) is 2.88. The minimum atomic E-state index is 0.499. The van der Waals surface area contributed by atoms with Crippen LogP contribution in [-0.2, 0) is 4.79 Å². The van der Waals surface area contributed by atoms with Gasteiger partial charge in [0, 0.05) is 12.8 Å². The van der Waals surface area contributed by atoms with E-state index in [1.54, 1.807) is 0 Å². The van der Waals surface area contributed by atoms with Crippen molar-refractivity contribution in [2.45, 2.75) is 59.3 Å². The Hall–Kier alpha value is -0.330. The highest BCUT2D eigenvalue weighted by molar-refractivity contribution is 5.79. The van der Waals surface area contributed by atoms with Crippen LogP contribution < -0.4 is 0 Å². The number of hydrogen-bond acceptors (Lipinski definition) is 1. The van der Waals surface area contributed by atoms with Gasteiger partial charge in [0.2, 0.25) is 0 Å². The summed E-state index contributed by atoms with van der Waals surface area (Å²) >= 11 is 0. The van der Waals surface area contributed by atoms with Crippen LogP contribution in [0.25, 0.3) is 0 Å². The Bertz CT molecular complexity index is 256. The fourth-order valence-corrected chi connectivity index (χ4v) is 3.55. The molecule has 2 rings (SSSR count). The third-order valence-electron chi connectivity index (χ3n) is 5.05. The van der Waals surface area contributed by atoms with E-state index < -0.39 is 0 Å². The van der Waals surface area contributed by atoms with Gasteiger partial charge in [0.25, 0.3) is 0 Å². The molecule has 2 aliphatic carbocycles. The van der Waals surface area contributed by atoms with Crippen LogP contribution >= 0.6 is 0 Å².